The topological polar surface area (TPSA) is 35.5 Å². The fourth-order valence-electron chi connectivity index (χ4n) is 2.02. The zero-order valence-electron chi connectivity index (χ0n) is 11.9. The van der Waals surface area contributed by atoms with Gasteiger partial charge < -0.3 is 9.31 Å². The molecule has 0 N–H and O–H groups in total. The number of carbonyl (C=O) groups is 1. The average molecular weight is 264 g/mol. The second kappa shape index (κ2) is 4.42. The van der Waals surface area contributed by atoms with Gasteiger partial charge in [0.05, 0.1) is 11.2 Å². The number of aryl methyl sites for hydroxylation is 1. The maximum atomic E-state index is 13.5. The Labute approximate surface area is 113 Å². The third-order valence-corrected chi connectivity index (χ3v) is 4.02. The third-order valence-electron chi connectivity index (χ3n) is 4.02. The molecule has 1 aliphatic rings. The van der Waals surface area contributed by atoms with Crippen LogP contribution in [0.15, 0.2) is 12.1 Å². The van der Waals surface area contributed by atoms with Crippen LogP contribution >= 0.6 is 0 Å². The number of hydrogen-bond donors (Lipinski definition) is 0. The molecule has 1 aliphatic heterocycles. The second-order valence-electron chi connectivity index (χ2n) is 5.94. The van der Waals surface area contributed by atoms with Crippen molar-refractivity contribution in [2.75, 3.05) is 0 Å². The van der Waals surface area contributed by atoms with E-state index in [2.05, 4.69) is 0 Å². The Hall–Kier alpha value is -1.20. The van der Waals surface area contributed by atoms with Gasteiger partial charge in [0, 0.05) is 5.56 Å². The summed E-state index contributed by atoms with van der Waals surface area (Å²) in [6.07, 6.45) is 0.503. The molecule has 0 atom stereocenters. The maximum absolute atomic E-state index is 13.5. The molecule has 0 spiro atoms. The van der Waals surface area contributed by atoms with Gasteiger partial charge in [0.15, 0.2) is 6.29 Å². The fraction of sp³-hybridized carbons (Fsp3) is 0.500. The lowest BCUT2D eigenvalue weighted by atomic mass is 9.75. The largest absolute Gasteiger partial charge is 0.495 e. The molecule has 1 aromatic rings. The number of carbonyl (C=O) groups excluding carboxylic acids is 1. The number of hydrogen-bond acceptors (Lipinski definition) is 3. The average Bonchev–Trinajstić information content (AvgIpc) is 2.48. The van der Waals surface area contributed by atoms with Crippen molar-refractivity contribution in [1.82, 2.24) is 0 Å². The van der Waals surface area contributed by atoms with E-state index in [9.17, 15) is 9.18 Å². The van der Waals surface area contributed by atoms with Gasteiger partial charge in [0.1, 0.15) is 5.82 Å². The van der Waals surface area contributed by atoms with Crippen LogP contribution in [0, 0.1) is 12.7 Å². The molecular weight excluding hydrogens is 246 g/mol. The summed E-state index contributed by atoms with van der Waals surface area (Å²) in [6, 6.07) is 2.84. The zero-order chi connectivity index (χ0) is 14.4. The fourth-order valence-corrected chi connectivity index (χ4v) is 2.02. The van der Waals surface area contributed by atoms with Gasteiger partial charge in [-0.15, -0.1) is 0 Å². The van der Waals surface area contributed by atoms with Crippen molar-refractivity contribution in [2.45, 2.75) is 45.8 Å². The molecule has 0 aliphatic carbocycles. The lowest BCUT2D eigenvalue weighted by Crippen LogP contribution is -2.41. The SMILES string of the molecule is Cc1cc(F)c(C=O)cc1B1OC(C)(C)C(C)(C)O1. The van der Waals surface area contributed by atoms with Gasteiger partial charge in [-0.3, -0.25) is 4.79 Å². The van der Waals surface area contributed by atoms with Crippen molar-refractivity contribution >= 4 is 18.9 Å². The molecule has 1 saturated heterocycles. The normalized spacial score (nSPS) is 20.6. The van der Waals surface area contributed by atoms with Gasteiger partial charge in [-0.2, -0.15) is 0 Å². The van der Waals surface area contributed by atoms with E-state index in [4.69, 9.17) is 9.31 Å². The lowest BCUT2D eigenvalue weighted by molar-refractivity contribution is 0.00578. The number of rotatable bonds is 2. The van der Waals surface area contributed by atoms with Crippen LogP contribution < -0.4 is 5.46 Å². The first-order valence-corrected chi connectivity index (χ1v) is 6.29. The van der Waals surface area contributed by atoms with Crippen molar-refractivity contribution < 1.29 is 18.5 Å². The van der Waals surface area contributed by atoms with Crippen LogP contribution in [-0.4, -0.2) is 24.6 Å². The van der Waals surface area contributed by atoms with Crippen LogP contribution in [0.3, 0.4) is 0 Å². The Morgan fingerprint density at radius 2 is 1.68 bits per heavy atom. The summed E-state index contributed by atoms with van der Waals surface area (Å²) in [7, 11) is -0.579. The number of aldehydes is 1. The summed E-state index contributed by atoms with van der Waals surface area (Å²) in [5.74, 6) is -0.521. The van der Waals surface area contributed by atoms with Crippen LogP contribution in [0.25, 0.3) is 0 Å². The predicted octanol–water partition coefficient (Wildman–Crippen LogP) is 2.25. The van der Waals surface area contributed by atoms with E-state index in [1.54, 1.807) is 6.92 Å². The molecule has 0 unspecified atom stereocenters. The molecule has 0 aromatic heterocycles. The smallest absolute Gasteiger partial charge is 0.399 e. The molecule has 0 radical (unpaired) electrons. The molecule has 0 bridgehead atoms. The minimum Gasteiger partial charge on any atom is -0.399 e. The van der Waals surface area contributed by atoms with Crippen LogP contribution in [0.1, 0.15) is 43.6 Å². The summed E-state index contributed by atoms with van der Waals surface area (Å²) in [6.45, 7) is 9.58. The molecule has 19 heavy (non-hydrogen) atoms. The van der Waals surface area contributed by atoms with Crippen molar-refractivity contribution in [3.63, 3.8) is 0 Å². The van der Waals surface area contributed by atoms with Gasteiger partial charge in [-0.25, -0.2) is 4.39 Å². The van der Waals surface area contributed by atoms with Crippen LogP contribution in [-0.2, 0) is 9.31 Å². The molecule has 1 aromatic carbocycles. The molecule has 0 saturated carbocycles. The van der Waals surface area contributed by atoms with Crippen LogP contribution in [0.4, 0.5) is 4.39 Å². The lowest BCUT2D eigenvalue weighted by Gasteiger charge is -2.32. The first-order chi connectivity index (χ1) is 8.68. The Morgan fingerprint density at radius 3 is 2.16 bits per heavy atom. The minimum absolute atomic E-state index is 0.0234. The summed E-state index contributed by atoms with van der Waals surface area (Å²) in [5, 5.41) is 0. The van der Waals surface area contributed by atoms with Crippen LogP contribution in [0.5, 0.6) is 0 Å². The molecule has 102 valence electrons. The highest BCUT2D eigenvalue weighted by molar-refractivity contribution is 6.62. The van der Waals surface area contributed by atoms with Gasteiger partial charge in [-0.05, 0) is 57.8 Å². The molecule has 1 fully saturated rings. The predicted molar refractivity (Wildman–Crippen MR) is 72.2 cm³/mol. The van der Waals surface area contributed by atoms with Crippen molar-refractivity contribution in [3.8, 4) is 0 Å². The van der Waals surface area contributed by atoms with Crippen molar-refractivity contribution in [3.05, 3.63) is 29.1 Å². The second-order valence-corrected chi connectivity index (χ2v) is 5.94. The van der Waals surface area contributed by atoms with Gasteiger partial charge >= 0.3 is 7.12 Å². The van der Waals surface area contributed by atoms with Crippen LogP contribution in [0.2, 0.25) is 0 Å². The standard InChI is InChI=1S/C14H18BFO3/c1-9-6-12(16)10(8-17)7-11(9)15-18-13(2,3)14(4,5)19-15/h6-8H,1-5H3. The van der Waals surface area contributed by atoms with Crippen molar-refractivity contribution in [2.24, 2.45) is 0 Å². The molecule has 3 nitrogen and oxygen atoms in total. The minimum atomic E-state index is -0.579. The highest BCUT2D eigenvalue weighted by atomic mass is 19.1. The number of benzene rings is 1. The summed E-state index contributed by atoms with van der Waals surface area (Å²) < 4.78 is 25.3. The van der Waals surface area contributed by atoms with E-state index >= 15 is 0 Å². The van der Waals surface area contributed by atoms with E-state index < -0.39 is 24.1 Å². The first kappa shape index (κ1) is 14.2. The van der Waals surface area contributed by atoms with E-state index in [1.807, 2.05) is 27.7 Å². The Morgan fingerprint density at radius 1 is 1.16 bits per heavy atom. The Kier molecular flexibility index (Phi) is 3.31. The van der Waals surface area contributed by atoms with Gasteiger partial charge in [-0.1, -0.05) is 0 Å². The van der Waals surface area contributed by atoms with Gasteiger partial charge in [0.2, 0.25) is 0 Å². The first-order valence-electron chi connectivity index (χ1n) is 6.29. The third kappa shape index (κ3) is 2.32. The maximum Gasteiger partial charge on any atom is 0.495 e. The Bertz CT molecular complexity index is 510. The van der Waals surface area contributed by atoms with E-state index in [1.165, 1.54) is 12.1 Å². The van der Waals surface area contributed by atoms with Gasteiger partial charge in [0.25, 0.3) is 0 Å². The van der Waals surface area contributed by atoms with E-state index in [0.29, 0.717) is 17.3 Å². The number of halogens is 1. The summed E-state index contributed by atoms with van der Waals surface area (Å²) in [4.78, 5) is 10.8. The zero-order valence-corrected chi connectivity index (χ0v) is 11.9. The quantitative estimate of drug-likeness (QED) is 0.607. The highest BCUT2D eigenvalue weighted by Gasteiger charge is 2.52. The highest BCUT2D eigenvalue weighted by Crippen LogP contribution is 2.36. The molecule has 5 heteroatoms. The van der Waals surface area contributed by atoms with E-state index in [-0.39, 0.29) is 5.56 Å². The van der Waals surface area contributed by atoms with E-state index in [0.717, 1.165) is 0 Å². The Balaban J connectivity index is 2.42. The summed E-state index contributed by atoms with van der Waals surface area (Å²) in [5.41, 5.74) is 0.513. The molecule has 0 amide bonds. The molecular formula is C14H18BFO3. The molecule has 2 rings (SSSR count). The monoisotopic (exact) mass is 264 g/mol. The molecule has 1 heterocycles. The van der Waals surface area contributed by atoms with Crippen molar-refractivity contribution in [1.29, 1.82) is 0 Å². The summed E-state index contributed by atoms with van der Waals surface area (Å²) >= 11 is 0.